The smallest absolute Gasteiger partial charge is 0.408 e. The van der Waals surface area contributed by atoms with Crippen molar-refractivity contribution in [2.45, 2.75) is 39.0 Å². The molecule has 0 atom stereocenters. The number of carbonyl (C=O) groups excluding carboxylic acids is 1. The molecular formula is C21H18F3N5O3. The van der Waals surface area contributed by atoms with Crippen LogP contribution >= 0.6 is 0 Å². The molecule has 0 radical (unpaired) electrons. The molecule has 8 nitrogen and oxygen atoms in total. The average Bonchev–Trinajstić information content (AvgIpc) is 3.20. The number of aromatic carboxylic acids is 1. The maximum atomic E-state index is 13.3. The summed E-state index contributed by atoms with van der Waals surface area (Å²) in [5.41, 5.74) is 1.52. The summed E-state index contributed by atoms with van der Waals surface area (Å²) in [6.45, 7) is 3.93. The zero-order valence-corrected chi connectivity index (χ0v) is 17.3. The van der Waals surface area contributed by atoms with Gasteiger partial charge in [0.05, 0.1) is 39.9 Å². The van der Waals surface area contributed by atoms with Crippen molar-refractivity contribution < 1.29 is 27.9 Å². The molecule has 32 heavy (non-hydrogen) atoms. The number of aryl methyl sites for hydroxylation is 1. The third-order valence-electron chi connectivity index (χ3n) is 5.27. The maximum absolute atomic E-state index is 13.3. The molecule has 0 fully saturated rings. The molecule has 1 aliphatic heterocycles. The van der Waals surface area contributed by atoms with Crippen molar-refractivity contribution in [3.05, 3.63) is 59.3 Å². The summed E-state index contributed by atoms with van der Waals surface area (Å²) in [6.07, 6.45) is 0.648. The van der Waals surface area contributed by atoms with Gasteiger partial charge in [0, 0.05) is 24.2 Å². The number of fused-ring (bicyclic) bond motifs is 1. The molecule has 11 heteroatoms. The monoisotopic (exact) mass is 445 g/mol. The minimum atomic E-state index is -4.44. The second kappa shape index (κ2) is 7.14. The number of carboxylic acid groups (broad SMARTS) is 1. The van der Waals surface area contributed by atoms with Crippen molar-refractivity contribution in [3.8, 4) is 11.3 Å². The number of amides is 1. The highest BCUT2D eigenvalue weighted by Crippen LogP contribution is 2.43. The molecule has 0 spiro atoms. The molecule has 4 rings (SSSR count). The summed E-state index contributed by atoms with van der Waals surface area (Å²) < 4.78 is 38.9. The van der Waals surface area contributed by atoms with Gasteiger partial charge in [-0.1, -0.05) is 0 Å². The molecule has 1 aliphatic rings. The van der Waals surface area contributed by atoms with Crippen LogP contribution in [0.25, 0.3) is 11.3 Å². The minimum absolute atomic E-state index is 0.00325. The van der Waals surface area contributed by atoms with Crippen LogP contribution in [-0.4, -0.2) is 42.9 Å². The van der Waals surface area contributed by atoms with Crippen LogP contribution in [0.4, 0.5) is 18.9 Å². The van der Waals surface area contributed by atoms with Gasteiger partial charge in [0.25, 0.3) is 5.91 Å². The molecule has 0 aliphatic carbocycles. The van der Waals surface area contributed by atoms with Crippen LogP contribution in [0, 0.1) is 6.92 Å². The number of halogens is 3. The van der Waals surface area contributed by atoms with E-state index < -0.39 is 30.1 Å². The molecule has 0 aromatic carbocycles. The van der Waals surface area contributed by atoms with Crippen LogP contribution < -0.4 is 4.90 Å². The van der Waals surface area contributed by atoms with Gasteiger partial charge in [0.2, 0.25) is 0 Å². The Bertz CT molecular complexity index is 1250. The lowest BCUT2D eigenvalue weighted by molar-refractivity contribution is -0.142. The Balaban J connectivity index is 1.78. The lowest BCUT2D eigenvalue weighted by atomic mass is 9.96. The number of pyridine rings is 2. The van der Waals surface area contributed by atoms with Gasteiger partial charge in [-0.05, 0) is 38.5 Å². The number of alkyl halides is 3. The number of anilines is 1. The van der Waals surface area contributed by atoms with Crippen LogP contribution in [0.3, 0.4) is 0 Å². The molecule has 166 valence electrons. The first-order chi connectivity index (χ1) is 14.9. The number of hydrogen-bond acceptors (Lipinski definition) is 5. The highest BCUT2D eigenvalue weighted by molar-refractivity contribution is 6.12. The van der Waals surface area contributed by atoms with Crippen LogP contribution in [0.5, 0.6) is 0 Å². The third kappa shape index (κ3) is 3.59. The van der Waals surface area contributed by atoms with Gasteiger partial charge in [0.1, 0.15) is 6.54 Å². The summed E-state index contributed by atoms with van der Waals surface area (Å²) >= 11 is 0. The Morgan fingerprint density at radius 2 is 1.91 bits per heavy atom. The molecule has 1 amide bonds. The van der Waals surface area contributed by atoms with E-state index in [9.17, 15) is 27.9 Å². The lowest BCUT2D eigenvalue weighted by Gasteiger charge is -2.30. The van der Waals surface area contributed by atoms with E-state index in [4.69, 9.17) is 0 Å². The first-order valence-electron chi connectivity index (χ1n) is 9.53. The van der Waals surface area contributed by atoms with Gasteiger partial charge >= 0.3 is 12.1 Å². The lowest BCUT2D eigenvalue weighted by Crippen LogP contribution is -2.39. The van der Waals surface area contributed by atoms with Crippen LogP contribution in [0.1, 0.15) is 45.8 Å². The SMILES string of the molecule is Cc1cc(-c2cncc(C(=O)O)c2)nc2c1C(=O)N(c1cnn(CC(F)(F)F)c1)C2(C)C. The van der Waals surface area contributed by atoms with Gasteiger partial charge in [-0.2, -0.15) is 18.3 Å². The quantitative estimate of drug-likeness (QED) is 0.656. The molecule has 3 aromatic rings. The van der Waals surface area contributed by atoms with E-state index >= 15 is 0 Å². The third-order valence-corrected chi connectivity index (χ3v) is 5.27. The molecule has 4 heterocycles. The fourth-order valence-corrected chi connectivity index (χ4v) is 3.88. The van der Waals surface area contributed by atoms with Gasteiger partial charge in [-0.15, -0.1) is 0 Å². The van der Waals surface area contributed by atoms with Gasteiger partial charge in [-0.25, -0.2) is 9.78 Å². The van der Waals surface area contributed by atoms with E-state index in [1.54, 1.807) is 26.8 Å². The van der Waals surface area contributed by atoms with E-state index in [1.807, 2.05) is 0 Å². The number of aromatic nitrogens is 4. The minimum Gasteiger partial charge on any atom is -0.478 e. The predicted octanol–water partition coefficient (Wildman–Crippen LogP) is 3.80. The van der Waals surface area contributed by atoms with Crippen molar-refractivity contribution in [3.63, 3.8) is 0 Å². The fraction of sp³-hybridized carbons (Fsp3) is 0.286. The zero-order chi connectivity index (χ0) is 23.4. The van der Waals surface area contributed by atoms with Crippen molar-refractivity contribution >= 4 is 17.6 Å². The average molecular weight is 445 g/mol. The second-order valence-corrected chi connectivity index (χ2v) is 8.03. The predicted molar refractivity (Wildman–Crippen MR) is 107 cm³/mol. The molecule has 0 unspecified atom stereocenters. The van der Waals surface area contributed by atoms with Gasteiger partial charge in [0.15, 0.2) is 0 Å². The van der Waals surface area contributed by atoms with E-state index in [-0.39, 0.29) is 11.3 Å². The zero-order valence-electron chi connectivity index (χ0n) is 17.3. The highest BCUT2D eigenvalue weighted by Gasteiger charge is 2.47. The topological polar surface area (TPSA) is 101 Å². The van der Waals surface area contributed by atoms with Crippen molar-refractivity contribution in [2.75, 3.05) is 4.90 Å². The normalized spacial score (nSPS) is 15.2. The van der Waals surface area contributed by atoms with E-state index in [1.165, 1.54) is 35.8 Å². The first-order valence-corrected chi connectivity index (χ1v) is 9.53. The van der Waals surface area contributed by atoms with Gasteiger partial charge in [-0.3, -0.25) is 19.4 Å². The van der Waals surface area contributed by atoms with Crippen molar-refractivity contribution in [2.24, 2.45) is 0 Å². The summed E-state index contributed by atoms with van der Waals surface area (Å²) in [7, 11) is 0. The Morgan fingerprint density at radius 3 is 2.56 bits per heavy atom. The molecule has 0 saturated carbocycles. The number of nitrogens with zero attached hydrogens (tertiary/aromatic N) is 5. The summed E-state index contributed by atoms with van der Waals surface area (Å²) in [6, 6.07) is 3.10. The summed E-state index contributed by atoms with van der Waals surface area (Å²) in [5, 5.41) is 13.0. The molecule has 0 bridgehead atoms. The summed E-state index contributed by atoms with van der Waals surface area (Å²) in [4.78, 5) is 34.5. The largest absolute Gasteiger partial charge is 0.478 e. The van der Waals surface area contributed by atoms with Gasteiger partial charge < -0.3 is 5.11 Å². The number of rotatable bonds is 4. The van der Waals surface area contributed by atoms with Crippen LogP contribution in [0.2, 0.25) is 0 Å². The Hall–Kier alpha value is -3.76. The van der Waals surface area contributed by atoms with Crippen LogP contribution in [0.15, 0.2) is 36.9 Å². The van der Waals surface area contributed by atoms with Crippen LogP contribution in [-0.2, 0) is 12.1 Å². The molecule has 3 aromatic heterocycles. The highest BCUT2D eigenvalue weighted by atomic mass is 19.4. The number of hydrogen-bond donors (Lipinski definition) is 1. The van der Waals surface area contributed by atoms with Crippen molar-refractivity contribution in [1.82, 2.24) is 19.7 Å². The fourth-order valence-electron chi connectivity index (χ4n) is 3.88. The standard InChI is InChI=1S/C21H18F3N5O3/c1-11-4-15(12-5-13(19(31)32)7-25-6-12)27-17-16(11)18(30)29(20(17,2)3)14-8-26-28(9-14)10-21(22,23)24/h4-9H,10H2,1-3H3,(H,31,32). The Kier molecular flexibility index (Phi) is 4.79. The number of carbonyl (C=O) groups is 2. The summed E-state index contributed by atoms with van der Waals surface area (Å²) in [5.74, 6) is -1.53. The molecular weight excluding hydrogens is 427 g/mol. The van der Waals surface area contributed by atoms with E-state index in [2.05, 4.69) is 15.1 Å². The maximum Gasteiger partial charge on any atom is 0.408 e. The van der Waals surface area contributed by atoms with Crippen molar-refractivity contribution in [1.29, 1.82) is 0 Å². The van der Waals surface area contributed by atoms with E-state index in [0.717, 1.165) is 4.68 Å². The molecule has 0 saturated heterocycles. The second-order valence-electron chi connectivity index (χ2n) is 8.03. The molecule has 1 N–H and O–H groups in total. The number of carboxylic acids is 1. The Labute approximate surface area is 180 Å². The Morgan fingerprint density at radius 1 is 1.19 bits per heavy atom. The first kappa shape index (κ1) is 21.5. The van der Waals surface area contributed by atoms with E-state index in [0.29, 0.717) is 28.1 Å².